The highest BCUT2D eigenvalue weighted by Crippen LogP contribution is 2.27. The predicted octanol–water partition coefficient (Wildman–Crippen LogP) is 4.76. The molecule has 0 aliphatic rings. The summed E-state index contributed by atoms with van der Waals surface area (Å²) in [5, 5.41) is 6.74. The monoisotopic (exact) mass is 357 g/mol. The van der Waals surface area contributed by atoms with Crippen molar-refractivity contribution in [2.24, 2.45) is 0 Å². The van der Waals surface area contributed by atoms with Gasteiger partial charge in [0, 0.05) is 11.8 Å². The number of hydrogen-bond acceptors (Lipinski definition) is 4. The smallest absolute Gasteiger partial charge is 0.331 e. The Balaban J connectivity index is 2.00. The van der Waals surface area contributed by atoms with Crippen LogP contribution in [0.2, 0.25) is 0 Å². The topological polar surface area (TPSA) is 55.4 Å². The molecule has 1 amide bonds. The fourth-order valence-corrected chi connectivity index (χ4v) is 3.00. The number of nitrogens with one attached hydrogen (secondary N) is 1. The van der Waals surface area contributed by atoms with Crippen LogP contribution in [0.3, 0.4) is 0 Å². The number of amides is 1. The van der Waals surface area contributed by atoms with Crippen LogP contribution in [-0.2, 0) is 14.3 Å². The molecule has 0 unspecified atom stereocenters. The Labute approximate surface area is 152 Å². The number of anilines is 1. The van der Waals surface area contributed by atoms with E-state index in [0.29, 0.717) is 0 Å². The Morgan fingerprint density at radius 3 is 2.60 bits per heavy atom. The van der Waals surface area contributed by atoms with Gasteiger partial charge in [0.15, 0.2) is 6.10 Å². The van der Waals surface area contributed by atoms with Gasteiger partial charge in [-0.3, -0.25) is 4.79 Å². The lowest BCUT2D eigenvalue weighted by molar-refractivity contribution is -0.148. The second kappa shape index (κ2) is 8.62. The maximum Gasteiger partial charge on any atom is 0.331 e. The summed E-state index contributed by atoms with van der Waals surface area (Å²) in [5.41, 5.74) is 3.76. The van der Waals surface area contributed by atoms with Crippen LogP contribution in [0.25, 0.3) is 6.08 Å². The van der Waals surface area contributed by atoms with E-state index in [2.05, 4.69) is 19.2 Å². The predicted molar refractivity (Wildman–Crippen MR) is 103 cm³/mol. The highest BCUT2D eigenvalue weighted by atomic mass is 32.1. The minimum Gasteiger partial charge on any atom is -0.449 e. The second-order valence-corrected chi connectivity index (χ2v) is 6.93. The molecule has 0 aliphatic carbocycles. The number of ether oxygens (including phenoxy) is 1. The van der Waals surface area contributed by atoms with Crippen LogP contribution in [0.5, 0.6) is 0 Å². The molecule has 0 saturated heterocycles. The van der Waals surface area contributed by atoms with Gasteiger partial charge in [-0.2, -0.15) is 11.3 Å². The minimum atomic E-state index is -0.876. The third-order valence-corrected chi connectivity index (χ3v) is 4.49. The van der Waals surface area contributed by atoms with Crippen LogP contribution < -0.4 is 5.32 Å². The molecule has 132 valence electrons. The van der Waals surface area contributed by atoms with E-state index in [1.165, 1.54) is 6.08 Å². The minimum absolute atomic E-state index is 0.279. The number of benzene rings is 1. The van der Waals surface area contributed by atoms with Crippen molar-refractivity contribution in [1.82, 2.24) is 0 Å². The number of thiophene rings is 1. The van der Waals surface area contributed by atoms with Gasteiger partial charge in [0.25, 0.3) is 5.91 Å². The van der Waals surface area contributed by atoms with Crippen LogP contribution in [0, 0.1) is 6.92 Å². The fourth-order valence-electron chi connectivity index (χ4n) is 2.37. The SMILES string of the molecule is Cc1cccc(C(C)C)c1NC(=O)[C@@H](C)OC(=O)/C=C/c1ccsc1. The van der Waals surface area contributed by atoms with Crippen molar-refractivity contribution in [3.05, 3.63) is 57.8 Å². The first-order valence-corrected chi connectivity index (χ1v) is 9.14. The Bertz CT molecular complexity index is 763. The molecule has 1 aromatic heterocycles. The Kier molecular flexibility index (Phi) is 6.53. The zero-order valence-electron chi connectivity index (χ0n) is 14.9. The quantitative estimate of drug-likeness (QED) is 0.599. The first-order valence-electron chi connectivity index (χ1n) is 8.19. The van der Waals surface area contributed by atoms with E-state index in [-0.39, 0.29) is 11.8 Å². The van der Waals surface area contributed by atoms with Crippen molar-refractivity contribution in [3.8, 4) is 0 Å². The van der Waals surface area contributed by atoms with Gasteiger partial charge in [-0.25, -0.2) is 4.79 Å². The number of carbonyl (C=O) groups is 2. The summed E-state index contributed by atoms with van der Waals surface area (Å²) in [7, 11) is 0. The molecule has 0 radical (unpaired) electrons. The molecule has 0 bridgehead atoms. The van der Waals surface area contributed by atoms with Crippen molar-refractivity contribution >= 4 is 35.0 Å². The molecule has 1 N–H and O–H groups in total. The van der Waals surface area contributed by atoms with Crippen molar-refractivity contribution in [3.63, 3.8) is 0 Å². The summed E-state index contributed by atoms with van der Waals surface area (Å²) in [5.74, 6) is -0.599. The van der Waals surface area contributed by atoms with E-state index < -0.39 is 12.1 Å². The largest absolute Gasteiger partial charge is 0.449 e. The summed E-state index contributed by atoms with van der Waals surface area (Å²) < 4.78 is 5.19. The van der Waals surface area contributed by atoms with Crippen LogP contribution in [0.1, 0.15) is 43.4 Å². The summed E-state index contributed by atoms with van der Waals surface area (Å²) in [6.45, 7) is 7.66. The normalized spacial score (nSPS) is 12.4. The number of rotatable bonds is 6. The Hall–Kier alpha value is -2.40. The molecule has 2 aromatic rings. The molecule has 4 nitrogen and oxygen atoms in total. The Morgan fingerprint density at radius 1 is 1.20 bits per heavy atom. The third kappa shape index (κ3) is 5.29. The number of aryl methyl sites for hydroxylation is 1. The maximum absolute atomic E-state index is 12.4. The summed E-state index contributed by atoms with van der Waals surface area (Å²) >= 11 is 1.55. The van der Waals surface area contributed by atoms with Gasteiger partial charge >= 0.3 is 5.97 Å². The van der Waals surface area contributed by atoms with Crippen LogP contribution in [0.4, 0.5) is 5.69 Å². The van der Waals surface area contributed by atoms with E-state index in [1.54, 1.807) is 24.3 Å². The molecule has 1 aromatic carbocycles. The molecule has 2 rings (SSSR count). The van der Waals surface area contributed by atoms with Crippen molar-refractivity contribution < 1.29 is 14.3 Å². The third-order valence-electron chi connectivity index (χ3n) is 3.79. The molecule has 25 heavy (non-hydrogen) atoms. The van der Waals surface area contributed by atoms with Gasteiger partial charge in [-0.1, -0.05) is 32.0 Å². The molecular formula is C20H23NO3S. The lowest BCUT2D eigenvalue weighted by Crippen LogP contribution is -2.30. The molecule has 0 aliphatic heterocycles. The average Bonchev–Trinajstić information content (AvgIpc) is 3.07. The standard InChI is InChI=1S/C20H23NO3S/c1-13(2)17-7-5-6-14(3)19(17)21-20(23)15(4)24-18(22)9-8-16-10-11-25-12-16/h5-13,15H,1-4H3,(H,21,23)/b9-8+/t15-/m1/s1. The summed E-state index contributed by atoms with van der Waals surface area (Å²) in [6, 6.07) is 7.81. The van der Waals surface area contributed by atoms with Gasteiger partial charge in [-0.15, -0.1) is 0 Å². The second-order valence-electron chi connectivity index (χ2n) is 6.15. The van der Waals surface area contributed by atoms with Crippen LogP contribution in [-0.4, -0.2) is 18.0 Å². The van der Waals surface area contributed by atoms with Crippen LogP contribution >= 0.6 is 11.3 Å². The average molecular weight is 357 g/mol. The number of para-hydroxylation sites is 1. The molecule has 0 fully saturated rings. The zero-order chi connectivity index (χ0) is 18.4. The maximum atomic E-state index is 12.4. The zero-order valence-corrected chi connectivity index (χ0v) is 15.7. The summed E-state index contributed by atoms with van der Waals surface area (Å²) in [4.78, 5) is 24.3. The van der Waals surface area contributed by atoms with E-state index in [4.69, 9.17) is 4.74 Å². The first-order chi connectivity index (χ1) is 11.9. The van der Waals surface area contributed by atoms with Gasteiger partial charge in [0.2, 0.25) is 0 Å². The number of hydrogen-bond donors (Lipinski definition) is 1. The van der Waals surface area contributed by atoms with E-state index in [9.17, 15) is 9.59 Å². The molecule has 0 spiro atoms. The van der Waals surface area contributed by atoms with E-state index in [1.807, 2.05) is 41.9 Å². The summed E-state index contributed by atoms with van der Waals surface area (Å²) in [6.07, 6.45) is 2.13. The van der Waals surface area contributed by atoms with Gasteiger partial charge in [0.05, 0.1) is 0 Å². The highest BCUT2D eigenvalue weighted by molar-refractivity contribution is 7.08. The molecule has 0 saturated carbocycles. The Morgan fingerprint density at radius 2 is 1.96 bits per heavy atom. The fraction of sp³-hybridized carbons (Fsp3) is 0.300. The van der Waals surface area contributed by atoms with Crippen molar-refractivity contribution in [1.29, 1.82) is 0 Å². The van der Waals surface area contributed by atoms with Gasteiger partial charge in [0.1, 0.15) is 0 Å². The van der Waals surface area contributed by atoms with Crippen molar-refractivity contribution in [2.75, 3.05) is 5.32 Å². The number of esters is 1. The van der Waals surface area contributed by atoms with Gasteiger partial charge < -0.3 is 10.1 Å². The van der Waals surface area contributed by atoms with Crippen molar-refractivity contribution in [2.45, 2.75) is 39.7 Å². The lowest BCUT2D eigenvalue weighted by Gasteiger charge is -2.18. The lowest BCUT2D eigenvalue weighted by atomic mass is 9.98. The molecule has 1 atom stereocenters. The molecular weight excluding hydrogens is 334 g/mol. The van der Waals surface area contributed by atoms with E-state index >= 15 is 0 Å². The van der Waals surface area contributed by atoms with Crippen LogP contribution in [0.15, 0.2) is 41.1 Å². The van der Waals surface area contributed by atoms with E-state index in [0.717, 1.165) is 22.4 Å². The van der Waals surface area contributed by atoms with Gasteiger partial charge in [-0.05, 0) is 59.4 Å². The first kappa shape index (κ1) is 18.9. The molecule has 1 heterocycles. The molecule has 5 heteroatoms. The highest BCUT2D eigenvalue weighted by Gasteiger charge is 2.19. The number of carbonyl (C=O) groups excluding carboxylic acids is 2.